The Morgan fingerprint density at radius 2 is 1.66 bits per heavy atom. The van der Waals surface area contributed by atoms with Crippen LogP contribution in [-0.4, -0.2) is 10.9 Å². The normalized spacial score (nSPS) is 11.3. The second-order valence-corrected chi connectivity index (χ2v) is 7.79. The summed E-state index contributed by atoms with van der Waals surface area (Å²) in [6.07, 6.45) is 2.27. The summed E-state index contributed by atoms with van der Waals surface area (Å²) in [5, 5.41) is 3.11. The van der Waals surface area contributed by atoms with Crippen LogP contribution in [0.15, 0.2) is 53.1 Å². The van der Waals surface area contributed by atoms with Crippen molar-refractivity contribution in [3.63, 3.8) is 0 Å². The van der Waals surface area contributed by atoms with Gasteiger partial charge in [-0.1, -0.05) is 45.9 Å². The molecule has 3 rings (SSSR count). The fourth-order valence-electron chi connectivity index (χ4n) is 3.29. The van der Waals surface area contributed by atoms with E-state index < -0.39 is 0 Å². The predicted molar refractivity (Wildman–Crippen MR) is 113 cm³/mol. The smallest absolute Gasteiger partial charge is 0.224 e. The van der Waals surface area contributed by atoms with E-state index in [0.29, 0.717) is 29.9 Å². The number of oxazole rings is 1. The average molecular weight is 394 g/mol. The third kappa shape index (κ3) is 5.11. The van der Waals surface area contributed by atoms with Crippen molar-refractivity contribution in [2.45, 2.75) is 52.4 Å². The minimum Gasteiger partial charge on any atom is -0.441 e. The van der Waals surface area contributed by atoms with Gasteiger partial charge in [-0.15, -0.1) is 0 Å². The SMILES string of the molecule is CC(C)c1cccc(C(C)C)c1NC(=O)CCc1ncc(-c2ccc(F)cc2)o1. The van der Waals surface area contributed by atoms with Crippen LogP contribution in [0.4, 0.5) is 10.1 Å². The summed E-state index contributed by atoms with van der Waals surface area (Å²) >= 11 is 0. The summed E-state index contributed by atoms with van der Waals surface area (Å²) in [5.74, 6) is 1.31. The molecule has 0 fully saturated rings. The third-order valence-electron chi connectivity index (χ3n) is 4.89. The molecule has 0 unspecified atom stereocenters. The Bertz CT molecular complexity index is 949. The summed E-state index contributed by atoms with van der Waals surface area (Å²) in [6, 6.07) is 12.2. The summed E-state index contributed by atoms with van der Waals surface area (Å²) in [4.78, 5) is 16.9. The molecule has 0 bridgehead atoms. The molecule has 1 N–H and O–H groups in total. The molecule has 2 aromatic carbocycles. The predicted octanol–water partition coefficient (Wildman–Crippen LogP) is 6.30. The lowest BCUT2D eigenvalue weighted by Crippen LogP contribution is -2.16. The fourth-order valence-corrected chi connectivity index (χ4v) is 3.29. The number of anilines is 1. The van der Waals surface area contributed by atoms with Crippen molar-refractivity contribution >= 4 is 11.6 Å². The van der Waals surface area contributed by atoms with E-state index in [9.17, 15) is 9.18 Å². The van der Waals surface area contributed by atoms with Gasteiger partial charge in [-0.05, 0) is 47.2 Å². The molecule has 0 spiro atoms. The van der Waals surface area contributed by atoms with E-state index >= 15 is 0 Å². The number of benzene rings is 2. The van der Waals surface area contributed by atoms with Crippen LogP contribution in [-0.2, 0) is 11.2 Å². The van der Waals surface area contributed by atoms with E-state index in [1.165, 1.54) is 12.1 Å². The number of amides is 1. The fraction of sp³-hybridized carbons (Fsp3) is 0.333. The number of para-hydroxylation sites is 1. The third-order valence-corrected chi connectivity index (χ3v) is 4.89. The average Bonchev–Trinajstić information content (AvgIpc) is 3.15. The monoisotopic (exact) mass is 394 g/mol. The summed E-state index contributed by atoms with van der Waals surface area (Å²) in [6.45, 7) is 8.50. The Hall–Kier alpha value is -2.95. The van der Waals surface area contributed by atoms with E-state index in [1.807, 2.05) is 6.07 Å². The van der Waals surface area contributed by atoms with Crippen molar-refractivity contribution in [2.75, 3.05) is 5.32 Å². The zero-order valence-corrected chi connectivity index (χ0v) is 17.3. The number of nitrogens with zero attached hydrogens (tertiary/aromatic N) is 1. The van der Waals surface area contributed by atoms with Crippen molar-refractivity contribution < 1.29 is 13.6 Å². The molecule has 0 aliphatic carbocycles. The first-order chi connectivity index (χ1) is 13.8. The molecular formula is C24H27FN2O2. The van der Waals surface area contributed by atoms with Crippen LogP contribution < -0.4 is 5.32 Å². The van der Waals surface area contributed by atoms with Gasteiger partial charge in [0.05, 0.1) is 6.20 Å². The number of aromatic nitrogens is 1. The number of halogens is 1. The highest BCUT2D eigenvalue weighted by Gasteiger charge is 2.16. The molecule has 5 heteroatoms. The number of hydrogen-bond acceptors (Lipinski definition) is 3. The molecule has 0 aliphatic heterocycles. The summed E-state index contributed by atoms with van der Waals surface area (Å²) in [7, 11) is 0. The summed E-state index contributed by atoms with van der Waals surface area (Å²) in [5.41, 5.74) is 3.95. The van der Waals surface area contributed by atoms with Crippen LogP contribution in [0.1, 0.15) is 63.0 Å². The molecule has 4 nitrogen and oxygen atoms in total. The van der Waals surface area contributed by atoms with Gasteiger partial charge >= 0.3 is 0 Å². The lowest BCUT2D eigenvalue weighted by molar-refractivity contribution is -0.116. The molecule has 0 saturated carbocycles. The van der Waals surface area contributed by atoms with Crippen molar-refractivity contribution in [1.29, 1.82) is 0 Å². The van der Waals surface area contributed by atoms with E-state index in [2.05, 4.69) is 50.1 Å². The second-order valence-electron chi connectivity index (χ2n) is 7.79. The van der Waals surface area contributed by atoms with Gasteiger partial charge < -0.3 is 9.73 Å². The largest absolute Gasteiger partial charge is 0.441 e. The van der Waals surface area contributed by atoms with E-state index in [4.69, 9.17) is 4.42 Å². The standard InChI is InChI=1S/C24H27FN2O2/c1-15(2)19-6-5-7-20(16(3)4)24(19)27-22(28)12-13-23-26-14-21(29-23)17-8-10-18(25)11-9-17/h5-11,14-16H,12-13H2,1-4H3,(H,27,28). The highest BCUT2D eigenvalue weighted by atomic mass is 19.1. The van der Waals surface area contributed by atoms with Crippen molar-refractivity contribution in [1.82, 2.24) is 4.98 Å². The Labute approximate surface area is 171 Å². The number of aryl methyl sites for hydroxylation is 1. The van der Waals surface area contributed by atoms with Crippen molar-refractivity contribution in [3.05, 3.63) is 71.5 Å². The van der Waals surface area contributed by atoms with Gasteiger partial charge in [-0.2, -0.15) is 0 Å². The Morgan fingerprint density at radius 3 is 2.24 bits per heavy atom. The molecule has 0 saturated heterocycles. The Balaban J connectivity index is 1.67. The first-order valence-electron chi connectivity index (χ1n) is 9.98. The van der Waals surface area contributed by atoms with Gasteiger partial charge in [-0.3, -0.25) is 4.79 Å². The minimum atomic E-state index is -0.299. The molecule has 1 amide bonds. The first kappa shape index (κ1) is 20.8. The van der Waals surface area contributed by atoms with Crippen LogP contribution in [0.5, 0.6) is 0 Å². The molecule has 29 heavy (non-hydrogen) atoms. The zero-order chi connectivity index (χ0) is 21.0. The van der Waals surface area contributed by atoms with Crippen molar-refractivity contribution in [2.24, 2.45) is 0 Å². The highest BCUT2D eigenvalue weighted by Crippen LogP contribution is 2.32. The topological polar surface area (TPSA) is 55.1 Å². The van der Waals surface area contributed by atoms with E-state index in [0.717, 1.165) is 22.4 Å². The first-order valence-corrected chi connectivity index (χ1v) is 9.98. The Morgan fingerprint density at radius 1 is 1.03 bits per heavy atom. The quantitative estimate of drug-likeness (QED) is 0.512. The van der Waals surface area contributed by atoms with Gasteiger partial charge in [0.1, 0.15) is 5.82 Å². The Kier molecular flexibility index (Phi) is 6.47. The maximum absolute atomic E-state index is 13.1. The van der Waals surface area contributed by atoms with Gasteiger partial charge in [0.15, 0.2) is 11.7 Å². The molecule has 0 radical (unpaired) electrons. The zero-order valence-electron chi connectivity index (χ0n) is 17.3. The van der Waals surface area contributed by atoms with E-state index in [-0.39, 0.29) is 18.1 Å². The molecule has 1 heterocycles. The van der Waals surface area contributed by atoms with E-state index in [1.54, 1.807) is 18.3 Å². The number of carbonyl (C=O) groups is 1. The van der Waals surface area contributed by atoms with Crippen LogP contribution in [0, 0.1) is 5.82 Å². The van der Waals surface area contributed by atoms with Crippen LogP contribution >= 0.6 is 0 Å². The maximum atomic E-state index is 13.1. The van der Waals surface area contributed by atoms with Gasteiger partial charge in [0.2, 0.25) is 5.91 Å². The van der Waals surface area contributed by atoms with Crippen molar-refractivity contribution in [3.8, 4) is 11.3 Å². The maximum Gasteiger partial charge on any atom is 0.224 e. The molecule has 0 aliphatic rings. The van der Waals surface area contributed by atoms with Crippen LogP contribution in [0.25, 0.3) is 11.3 Å². The highest BCUT2D eigenvalue weighted by molar-refractivity contribution is 5.92. The molecule has 3 aromatic rings. The van der Waals surface area contributed by atoms with Gasteiger partial charge in [-0.25, -0.2) is 9.37 Å². The number of rotatable bonds is 7. The molecule has 152 valence electrons. The minimum absolute atomic E-state index is 0.0680. The second kappa shape index (κ2) is 9.03. The van der Waals surface area contributed by atoms with Gasteiger partial charge in [0.25, 0.3) is 0 Å². The molecule has 0 atom stereocenters. The lowest BCUT2D eigenvalue weighted by atomic mass is 9.92. The van der Waals surface area contributed by atoms with Gasteiger partial charge in [0, 0.05) is 24.1 Å². The van der Waals surface area contributed by atoms with Crippen LogP contribution in [0.3, 0.4) is 0 Å². The number of hydrogen-bond donors (Lipinski definition) is 1. The number of nitrogens with one attached hydrogen (secondary N) is 1. The van der Waals surface area contributed by atoms with Crippen LogP contribution in [0.2, 0.25) is 0 Å². The lowest BCUT2D eigenvalue weighted by Gasteiger charge is -2.20. The summed E-state index contributed by atoms with van der Waals surface area (Å²) < 4.78 is 18.8. The molecular weight excluding hydrogens is 367 g/mol. The molecule has 1 aromatic heterocycles. The number of carbonyl (C=O) groups excluding carboxylic acids is 1.